The van der Waals surface area contributed by atoms with Crippen LogP contribution < -0.4 is 0 Å². The Labute approximate surface area is 191 Å². The van der Waals surface area contributed by atoms with Gasteiger partial charge < -0.3 is 14.6 Å². The third kappa shape index (κ3) is 3.71. The zero-order valence-corrected chi connectivity index (χ0v) is 18.4. The quantitative estimate of drug-likeness (QED) is 0.585. The average molecular weight is 476 g/mol. The number of halogens is 4. The van der Waals surface area contributed by atoms with Crippen molar-refractivity contribution in [1.82, 2.24) is 24.2 Å². The minimum Gasteiger partial charge on any atom is -0.374 e. The third-order valence-electron chi connectivity index (χ3n) is 5.90. The lowest BCUT2D eigenvalue weighted by atomic mass is 10.0. The number of aromatic nitrogens is 4. The second kappa shape index (κ2) is 7.95. The fourth-order valence-electron chi connectivity index (χ4n) is 4.06. The number of carbonyl (C=O) groups excluding carboxylic acids is 1. The van der Waals surface area contributed by atoms with Gasteiger partial charge >= 0.3 is 6.18 Å². The second-order valence-corrected chi connectivity index (χ2v) is 8.39. The number of fused-ring (bicyclic) bond motifs is 1. The number of benzene rings is 1. The van der Waals surface area contributed by atoms with Gasteiger partial charge in [-0.2, -0.15) is 23.5 Å². The Morgan fingerprint density at radius 3 is 2.62 bits per heavy atom. The summed E-state index contributed by atoms with van der Waals surface area (Å²) in [5, 5.41) is 23.2. The van der Waals surface area contributed by atoms with Crippen LogP contribution in [-0.4, -0.2) is 48.0 Å². The van der Waals surface area contributed by atoms with Crippen LogP contribution in [0, 0.1) is 17.1 Å². The van der Waals surface area contributed by atoms with E-state index in [1.54, 1.807) is 6.92 Å². The largest absolute Gasteiger partial charge is 0.424 e. The van der Waals surface area contributed by atoms with E-state index in [4.69, 9.17) is 5.26 Å². The van der Waals surface area contributed by atoms with Crippen molar-refractivity contribution in [3.8, 4) is 17.3 Å². The van der Waals surface area contributed by atoms with Gasteiger partial charge in [-0.15, -0.1) is 0 Å². The molecule has 0 radical (unpaired) electrons. The van der Waals surface area contributed by atoms with Crippen LogP contribution in [0.1, 0.15) is 47.5 Å². The Kier molecular flexibility index (Phi) is 5.48. The minimum atomic E-state index is -4.92. The van der Waals surface area contributed by atoms with Gasteiger partial charge in [0.25, 0.3) is 5.91 Å². The molecule has 0 saturated heterocycles. The zero-order chi connectivity index (χ0) is 25.0. The molecular formula is C22H20F4N6O2. The predicted octanol–water partition coefficient (Wildman–Crippen LogP) is 3.28. The molecule has 1 aliphatic heterocycles. The smallest absolute Gasteiger partial charge is 0.374 e. The number of hydrogen-bond acceptors (Lipinski definition) is 5. The first-order valence-corrected chi connectivity index (χ1v) is 10.2. The summed E-state index contributed by atoms with van der Waals surface area (Å²) < 4.78 is 57.1. The van der Waals surface area contributed by atoms with E-state index in [2.05, 4.69) is 10.1 Å². The molecule has 0 aliphatic carbocycles. The van der Waals surface area contributed by atoms with Gasteiger partial charge in [-0.25, -0.2) is 9.37 Å². The maximum absolute atomic E-state index is 14.4. The number of nitrogens with zero attached hydrogens (tertiary/aromatic N) is 6. The molecule has 12 heteroatoms. The van der Waals surface area contributed by atoms with Crippen molar-refractivity contribution in [2.45, 2.75) is 38.2 Å². The monoisotopic (exact) mass is 476 g/mol. The van der Waals surface area contributed by atoms with Crippen LogP contribution in [0.2, 0.25) is 0 Å². The van der Waals surface area contributed by atoms with Gasteiger partial charge in [-0.1, -0.05) is 0 Å². The minimum absolute atomic E-state index is 0.0319. The molecule has 2 atom stereocenters. The van der Waals surface area contributed by atoms with E-state index in [1.807, 2.05) is 6.07 Å². The van der Waals surface area contributed by atoms with Crippen molar-refractivity contribution >= 4 is 5.91 Å². The maximum atomic E-state index is 14.4. The van der Waals surface area contributed by atoms with E-state index >= 15 is 0 Å². The first-order valence-electron chi connectivity index (χ1n) is 10.2. The first kappa shape index (κ1) is 23.4. The van der Waals surface area contributed by atoms with Gasteiger partial charge in [-0.3, -0.25) is 9.48 Å². The van der Waals surface area contributed by atoms with Gasteiger partial charge in [0.1, 0.15) is 11.5 Å². The van der Waals surface area contributed by atoms with Crippen LogP contribution in [-0.2, 0) is 19.2 Å². The third-order valence-corrected chi connectivity index (χ3v) is 5.90. The van der Waals surface area contributed by atoms with Crippen LogP contribution in [0.25, 0.3) is 11.3 Å². The molecule has 1 aromatic carbocycles. The number of rotatable bonds is 3. The standard InChI is InChI=1S/C22H20F4N6O2/c1-12-10-31(11-14-9-28-20(32(12)14)21(2,34)22(24,25)26)19(33)18-7-17(29-30(18)3)15-5-4-13(8-27)6-16(15)23/h4-7,9,12,34H,10-11H2,1-3H3/t12-,21+/m0/s1. The molecule has 3 aromatic rings. The van der Waals surface area contributed by atoms with E-state index in [0.29, 0.717) is 12.6 Å². The Hall–Kier alpha value is -3.72. The summed E-state index contributed by atoms with van der Waals surface area (Å²) in [6, 6.07) is 6.59. The highest BCUT2D eigenvalue weighted by Gasteiger charge is 2.55. The number of aliphatic hydroxyl groups is 1. The molecule has 1 amide bonds. The molecule has 0 fully saturated rings. The number of hydrogen-bond donors (Lipinski definition) is 1. The van der Waals surface area contributed by atoms with Crippen molar-refractivity contribution in [3.05, 3.63) is 59.1 Å². The number of aryl methyl sites for hydroxylation is 1. The van der Waals surface area contributed by atoms with E-state index in [1.165, 1.54) is 45.6 Å². The lowest BCUT2D eigenvalue weighted by Gasteiger charge is -2.36. The molecule has 8 nitrogen and oxygen atoms in total. The molecule has 4 rings (SSSR count). The van der Waals surface area contributed by atoms with Crippen LogP contribution in [0.3, 0.4) is 0 Å². The van der Waals surface area contributed by atoms with E-state index in [9.17, 15) is 27.5 Å². The number of imidazole rings is 1. The van der Waals surface area contributed by atoms with E-state index in [-0.39, 0.29) is 35.6 Å². The van der Waals surface area contributed by atoms with Gasteiger partial charge in [0.15, 0.2) is 5.82 Å². The maximum Gasteiger partial charge on any atom is 0.424 e. The van der Waals surface area contributed by atoms with E-state index in [0.717, 1.165) is 6.07 Å². The lowest BCUT2D eigenvalue weighted by molar-refractivity contribution is -0.263. The molecule has 3 heterocycles. The van der Waals surface area contributed by atoms with Crippen molar-refractivity contribution < 1.29 is 27.5 Å². The van der Waals surface area contributed by atoms with Crippen LogP contribution in [0.5, 0.6) is 0 Å². The molecule has 2 aromatic heterocycles. The fourth-order valence-corrected chi connectivity index (χ4v) is 4.06. The van der Waals surface area contributed by atoms with E-state index < -0.39 is 35.4 Å². The second-order valence-electron chi connectivity index (χ2n) is 8.39. The van der Waals surface area contributed by atoms with Crippen molar-refractivity contribution in [2.75, 3.05) is 6.54 Å². The summed E-state index contributed by atoms with van der Waals surface area (Å²) in [7, 11) is 1.52. The van der Waals surface area contributed by atoms with Crippen LogP contribution >= 0.6 is 0 Å². The Balaban J connectivity index is 1.63. The highest BCUT2D eigenvalue weighted by Crippen LogP contribution is 2.40. The first-order chi connectivity index (χ1) is 15.8. The Bertz CT molecular complexity index is 1320. The molecule has 1 N–H and O–H groups in total. The zero-order valence-electron chi connectivity index (χ0n) is 18.4. The molecule has 0 unspecified atom stereocenters. The number of carbonyl (C=O) groups is 1. The summed E-state index contributed by atoms with van der Waals surface area (Å²) in [4.78, 5) is 18.5. The van der Waals surface area contributed by atoms with Crippen LogP contribution in [0.4, 0.5) is 17.6 Å². The lowest BCUT2D eigenvalue weighted by Crippen LogP contribution is -2.45. The topological polar surface area (TPSA) is 100.0 Å². The predicted molar refractivity (Wildman–Crippen MR) is 111 cm³/mol. The average Bonchev–Trinajstić information content (AvgIpc) is 3.36. The SMILES string of the molecule is C[C@H]1CN(C(=O)c2cc(-c3ccc(C#N)cc3F)nn2C)Cc2cnc([C@@](C)(O)C(F)(F)F)n21. The molecule has 1 aliphatic rings. The van der Waals surface area contributed by atoms with Crippen molar-refractivity contribution in [1.29, 1.82) is 5.26 Å². The van der Waals surface area contributed by atoms with Gasteiger partial charge in [-0.05, 0) is 38.1 Å². The molecule has 0 spiro atoms. The van der Waals surface area contributed by atoms with Crippen LogP contribution in [0.15, 0.2) is 30.5 Å². The number of nitriles is 1. The fraction of sp³-hybridized carbons (Fsp3) is 0.364. The van der Waals surface area contributed by atoms with Crippen molar-refractivity contribution in [2.24, 2.45) is 7.05 Å². The molecular weight excluding hydrogens is 456 g/mol. The molecule has 0 saturated carbocycles. The molecule has 0 bridgehead atoms. The summed E-state index contributed by atoms with van der Waals surface area (Å²) >= 11 is 0. The summed E-state index contributed by atoms with van der Waals surface area (Å²) in [6.07, 6.45) is -3.71. The molecule has 34 heavy (non-hydrogen) atoms. The summed E-state index contributed by atoms with van der Waals surface area (Å²) in [6.45, 7) is 2.30. The van der Waals surface area contributed by atoms with Gasteiger partial charge in [0, 0.05) is 19.2 Å². The van der Waals surface area contributed by atoms with Gasteiger partial charge in [0.2, 0.25) is 5.60 Å². The normalized spacial score (nSPS) is 17.7. The van der Waals surface area contributed by atoms with Crippen molar-refractivity contribution in [3.63, 3.8) is 0 Å². The van der Waals surface area contributed by atoms with Gasteiger partial charge in [0.05, 0.1) is 41.8 Å². The Morgan fingerprint density at radius 1 is 1.29 bits per heavy atom. The Morgan fingerprint density at radius 2 is 2.00 bits per heavy atom. The molecule has 178 valence electrons. The number of alkyl halides is 3. The highest BCUT2D eigenvalue weighted by atomic mass is 19.4. The highest BCUT2D eigenvalue weighted by molar-refractivity contribution is 5.93. The summed E-state index contributed by atoms with van der Waals surface area (Å²) in [5.41, 5.74) is -2.18. The summed E-state index contributed by atoms with van der Waals surface area (Å²) in [5.74, 6) is -1.64. The number of amides is 1.